The van der Waals surface area contributed by atoms with Crippen molar-refractivity contribution in [2.45, 2.75) is 83.0 Å². The molecule has 5 nitrogen and oxygen atoms in total. The van der Waals surface area contributed by atoms with Crippen LogP contribution in [0, 0.1) is 28.6 Å². The number of ether oxygens (including phenoxy) is 1. The summed E-state index contributed by atoms with van der Waals surface area (Å²) >= 11 is 0. The molecule has 3 saturated carbocycles. The number of Topliss-reactive ketones (excluding diaryl/α,β-unsaturated/α-hetero) is 1. The van der Waals surface area contributed by atoms with E-state index in [9.17, 15) is 19.8 Å². The lowest BCUT2D eigenvalue weighted by Gasteiger charge is -2.61. The van der Waals surface area contributed by atoms with Gasteiger partial charge < -0.3 is 14.9 Å². The van der Waals surface area contributed by atoms with Crippen molar-refractivity contribution in [2.75, 3.05) is 0 Å². The van der Waals surface area contributed by atoms with Crippen molar-refractivity contribution >= 4 is 11.8 Å². The monoisotopic (exact) mass is 374 g/mol. The van der Waals surface area contributed by atoms with Gasteiger partial charge in [0.2, 0.25) is 0 Å². The van der Waals surface area contributed by atoms with Gasteiger partial charge in [-0.2, -0.15) is 0 Å². The van der Waals surface area contributed by atoms with Crippen LogP contribution in [0.1, 0.15) is 65.2 Å². The van der Waals surface area contributed by atoms with Crippen LogP contribution >= 0.6 is 0 Å². The Hall–Kier alpha value is -1.20. The molecule has 0 radical (unpaired) electrons. The topological polar surface area (TPSA) is 83.8 Å². The van der Waals surface area contributed by atoms with Gasteiger partial charge in [0.25, 0.3) is 0 Å². The minimum absolute atomic E-state index is 0.0362. The second-order valence-electron chi connectivity index (χ2n) is 10.2. The summed E-state index contributed by atoms with van der Waals surface area (Å²) in [6, 6.07) is 0. The molecule has 1 spiro atoms. The molecule has 4 aliphatic carbocycles. The zero-order chi connectivity index (χ0) is 19.2. The maximum atomic E-state index is 12.0. The molecule has 1 heterocycles. The third-order valence-corrected chi connectivity index (χ3v) is 9.23. The molecule has 2 N–H and O–H groups in total. The molecule has 1 aliphatic heterocycles. The van der Waals surface area contributed by atoms with Crippen LogP contribution in [0.3, 0.4) is 0 Å². The highest BCUT2D eigenvalue weighted by Crippen LogP contribution is 2.69. The first kappa shape index (κ1) is 17.9. The lowest BCUT2D eigenvalue weighted by atomic mass is 9.45. The van der Waals surface area contributed by atoms with Crippen molar-refractivity contribution in [1.29, 1.82) is 0 Å². The first-order valence-corrected chi connectivity index (χ1v) is 10.5. The van der Waals surface area contributed by atoms with Gasteiger partial charge in [-0.15, -0.1) is 0 Å². The van der Waals surface area contributed by atoms with Crippen LogP contribution in [0.2, 0.25) is 0 Å². The van der Waals surface area contributed by atoms with Gasteiger partial charge in [-0.1, -0.05) is 25.5 Å². The van der Waals surface area contributed by atoms with Crippen molar-refractivity contribution in [2.24, 2.45) is 28.6 Å². The summed E-state index contributed by atoms with van der Waals surface area (Å²) in [5.74, 6) is 0.249. The highest BCUT2D eigenvalue weighted by atomic mass is 16.6. The van der Waals surface area contributed by atoms with Gasteiger partial charge in [-0.3, -0.25) is 9.59 Å². The van der Waals surface area contributed by atoms with Crippen LogP contribution < -0.4 is 0 Å². The number of carbonyl (C=O) groups excluding carboxylic acids is 2. The number of aliphatic hydroxyl groups excluding tert-OH is 2. The maximum Gasteiger partial charge on any atom is 0.306 e. The average Bonchev–Trinajstić information content (AvgIpc) is 3.10. The molecule has 0 aromatic rings. The molecule has 8 atom stereocenters. The Balaban J connectivity index is 1.58. The molecule has 1 saturated heterocycles. The molecule has 2 unspecified atom stereocenters. The van der Waals surface area contributed by atoms with E-state index < -0.39 is 17.8 Å². The molecular weight excluding hydrogens is 344 g/mol. The van der Waals surface area contributed by atoms with Gasteiger partial charge >= 0.3 is 5.97 Å². The Labute approximate surface area is 160 Å². The van der Waals surface area contributed by atoms with Crippen molar-refractivity contribution in [3.8, 4) is 0 Å². The molecular formula is C22H30O5. The highest BCUT2D eigenvalue weighted by Gasteiger charge is 2.70. The summed E-state index contributed by atoms with van der Waals surface area (Å²) in [6.07, 6.45) is 5.99. The largest absolute Gasteiger partial charge is 0.458 e. The Morgan fingerprint density at radius 1 is 1.11 bits per heavy atom. The second kappa shape index (κ2) is 5.44. The maximum absolute atomic E-state index is 12.0. The molecule has 148 valence electrons. The summed E-state index contributed by atoms with van der Waals surface area (Å²) in [5.41, 5.74) is 0.0247. The normalized spacial score (nSPS) is 54.2. The summed E-state index contributed by atoms with van der Waals surface area (Å²) in [5, 5.41) is 22.5. The smallest absolute Gasteiger partial charge is 0.306 e. The van der Waals surface area contributed by atoms with Crippen LogP contribution in [-0.2, 0) is 14.3 Å². The minimum Gasteiger partial charge on any atom is -0.458 e. The van der Waals surface area contributed by atoms with E-state index in [2.05, 4.69) is 13.8 Å². The number of carbonyl (C=O) groups is 2. The standard InChI is InChI=1S/C22H30O5/c1-20-6-3-13(23)9-12(20)10-15(24)18-14-4-7-22(8-5-17(26)27-22)21(14,2)11-16(25)19(18)20/h10,14-16,18-19,24-25H,3-9,11H2,1-2H3/t14-,15+,16+,18+,19?,20-,21-,22?/m0/s1. The molecule has 27 heavy (non-hydrogen) atoms. The third-order valence-electron chi connectivity index (χ3n) is 9.23. The van der Waals surface area contributed by atoms with E-state index in [0.717, 1.165) is 31.3 Å². The van der Waals surface area contributed by atoms with E-state index in [1.165, 1.54) is 0 Å². The van der Waals surface area contributed by atoms with E-state index in [0.29, 0.717) is 25.7 Å². The molecule has 5 rings (SSSR count). The SMILES string of the molecule is C[C@]12CCC(=O)CC1=C[C@@H](O)[C@@H]1C2[C@H](O)C[C@@]2(C)[C@H]1CCC21CCC(=O)O1. The molecule has 0 aromatic carbocycles. The van der Waals surface area contributed by atoms with Crippen LogP contribution in [0.25, 0.3) is 0 Å². The Kier molecular flexibility index (Phi) is 3.60. The number of esters is 1. The van der Waals surface area contributed by atoms with Crippen LogP contribution in [-0.4, -0.2) is 39.8 Å². The zero-order valence-electron chi connectivity index (χ0n) is 16.2. The van der Waals surface area contributed by atoms with Crippen LogP contribution in [0.15, 0.2) is 11.6 Å². The van der Waals surface area contributed by atoms with E-state index in [-0.39, 0.29) is 40.3 Å². The quantitative estimate of drug-likeness (QED) is 0.503. The first-order chi connectivity index (χ1) is 12.7. The number of hydrogen-bond acceptors (Lipinski definition) is 5. The number of hydrogen-bond donors (Lipinski definition) is 2. The van der Waals surface area contributed by atoms with Crippen molar-refractivity contribution in [1.82, 2.24) is 0 Å². The summed E-state index contributed by atoms with van der Waals surface area (Å²) in [4.78, 5) is 24.0. The summed E-state index contributed by atoms with van der Waals surface area (Å²) < 4.78 is 5.90. The fourth-order valence-electron chi connectivity index (χ4n) is 7.87. The van der Waals surface area contributed by atoms with Crippen LogP contribution in [0.4, 0.5) is 0 Å². The van der Waals surface area contributed by atoms with Crippen molar-refractivity contribution in [3.63, 3.8) is 0 Å². The average molecular weight is 374 g/mol. The van der Waals surface area contributed by atoms with Gasteiger partial charge in [-0.25, -0.2) is 0 Å². The fraction of sp³-hybridized carbons (Fsp3) is 0.818. The Bertz CT molecular complexity index is 743. The van der Waals surface area contributed by atoms with E-state index in [1.807, 2.05) is 6.08 Å². The highest BCUT2D eigenvalue weighted by molar-refractivity contribution is 5.82. The zero-order valence-corrected chi connectivity index (χ0v) is 16.2. The van der Waals surface area contributed by atoms with Gasteiger partial charge in [0.15, 0.2) is 0 Å². The van der Waals surface area contributed by atoms with E-state index >= 15 is 0 Å². The number of allylic oxidation sites excluding steroid dienone is 1. The van der Waals surface area contributed by atoms with E-state index in [1.54, 1.807) is 0 Å². The molecule has 5 aliphatic rings. The van der Waals surface area contributed by atoms with Crippen LogP contribution in [0.5, 0.6) is 0 Å². The predicted molar refractivity (Wildman–Crippen MR) is 97.5 cm³/mol. The molecule has 0 amide bonds. The Morgan fingerprint density at radius 2 is 1.89 bits per heavy atom. The molecule has 0 bridgehead atoms. The molecule has 4 fully saturated rings. The number of ketones is 1. The number of fused-ring (bicyclic) bond motifs is 6. The van der Waals surface area contributed by atoms with Gasteiger partial charge in [-0.05, 0) is 55.3 Å². The predicted octanol–water partition coefficient (Wildman–Crippen LogP) is 2.54. The first-order valence-electron chi connectivity index (χ1n) is 10.5. The molecule has 5 heteroatoms. The summed E-state index contributed by atoms with van der Waals surface area (Å²) in [7, 11) is 0. The van der Waals surface area contributed by atoms with Gasteiger partial charge in [0, 0.05) is 24.7 Å². The minimum atomic E-state index is -0.643. The lowest BCUT2D eigenvalue weighted by Crippen LogP contribution is -2.62. The third kappa shape index (κ3) is 2.13. The summed E-state index contributed by atoms with van der Waals surface area (Å²) in [6.45, 7) is 4.35. The fourth-order valence-corrected chi connectivity index (χ4v) is 7.87. The van der Waals surface area contributed by atoms with Crippen molar-refractivity contribution in [3.05, 3.63) is 11.6 Å². The number of rotatable bonds is 0. The van der Waals surface area contributed by atoms with E-state index in [4.69, 9.17) is 4.74 Å². The Morgan fingerprint density at radius 3 is 2.59 bits per heavy atom. The van der Waals surface area contributed by atoms with Gasteiger partial charge in [0.05, 0.1) is 12.2 Å². The number of aliphatic hydroxyl groups is 2. The van der Waals surface area contributed by atoms with Gasteiger partial charge in [0.1, 0.15) is 11.4 Å². The molecule has 0 aromatic heterocycles. The lowest BCUT2D eigenvalue weighted by molar-refractivity contribution is -0.192. The second-order valence-corrected chi connectivity index (χ2v) is 10.2. The van der Waals surface area contributed by atoms with Crippen molar-refractivity contribution < 1.29 is 24.5 Å².